The summed E-state index contributed by atoms with van der Waals surface area (Å²) in [5.41, 5.74) is 3.72. The normalized spacial score (nSPS) is 11.5. The van der Waals surface area contributed by atoms with Crippen LogP contribution in [0.15, 0.2) is 83.8 Å². The second kappa shape index (κ2) is 11.9. The number of allylic oxidation sites excluding steroid dienone is 1. The Hall–Kier alpha value is -3.38. The van der Waals surface area contributed by atoms with Crippen LogP contribution >= 0.6 is 0 Å². The minimum absolute atomic E-state index is 0.235. The van der Waals surface area contributed by atoms with Gasteiger partial charge in [0.15, 0.2) is 16.1 Å². The van der Waals surface area contributed by atoms with Crippen LogP contribution in [-0.4, -0.2) is 34.6 Å². The maximum absolute atomic E-state index is 12.1. The van der Waals surface area contributed by atoms with Gasteiger partial charge >= 0.3 is 0 Å². The number of ether oxygens (including phenoxy) is 1. The van der Waals surface area contributed by atoms with Crippen LogP contribution in [0.1, 0.15) is 25.0 Å². The number of rotatable bonds is 8. The van der Waals surface area contributed by atoms with Gasteiger partial charge in [-0.1, -0.05) is 56.3 Å². The predicted molar refractivity (Wildman–Crippen MR) is 132 cm³/mol. The molecule has 0 aromatic heterocycles. The second-order valence-corrected chi connectivity index (χ2v) is 8.77. The van der Waals surface area contributed by atoms with E-state index in [2.05, 4.69) is 5.32 Å². The molecule has 3 aromatic carbocycles. The van der Waals surface area contributed by atoms with Crippen molar-refractivity contribution < 1.29 is 17.9 Å². The molecule has 32 heavy (non-hydrogen) atoms. The first-order valence-electron chi connectivity index (χ1n) is 10.3. The summed E-state index contributed by atoms with van der Waals surface area (Å²) in [5.74, 6) is 0.700. The Kier molecular flexibility index (Phi) is 9.22. The molecule has 5 nitrogen and oxygen atoms in total. The number of benzene rings is 3. The van der Waals surface area contributed by atoms with Gasteiger partial charge in [-0.2, -0.15) is 0 Å². The predicted octanol–water partition coefficient (Wildman–Crippen LogP) is 5.35. The van der Waals surface area contributed by atoms with E-state index >= 15 is 0 Å². The molecule has 3 aromatic rings. The number of nitrogens with one attached hydrogen (secondary N) is 1. The van der Waals surface area contributed by atoms with Crippen molar-refractivity contribution in [1.82, 2.24) is 0 Å². The van der Waals surface area contributed by atoms with Crippen LogP contribution in [0, 0.1) is 0 Å². The molecule has 0 amide bonds. The van der Waals surface area contributed by atoms with E-state index in [1.807, 2.05) is 56.3 Å². The summed E-state index contributed by atoms with van der Waals surface area (Å²) in [7, 11) is -1.71. The molecule has 0 aliphatic carbocycles. The monoisotopic (exact) mass is 451 g/mol. The summed E-state index contributed by atoms with van der Waals surface area (Å²) in [6.45, 7) is 4.39. The van der Waals surface area contributed by atoms with E-state index in [1.165, 1.54) is 6.26 Å². The van der Waals surface area contributed by atoms with Gasteiger partial charge in [0, 0.05) is 24.1 Å². The lowest BCUT2D eigenvalue weighted by Gasteiger charge is -2.15. The summed E-state index contributed by atoms with van der Waals surface area (Å²) in [6, 6.07) is 23.5. The van der Waals surface area contributed by atoms with Crippen LogP contribution in [0.5, 0.6) is 5.75 Å². The van der Waals surface area contributed by atoms with E-state index < -0.39 is 9.84 Å². The summed E-state index contributed by atoms with van der Waals surface area (Å²) >= 11 is 0. The van der Waals surface area contributed by atoms with E-state index in [9.17, 15) is 13.2 Å². The highest BCUT2D eigenvalue weighted by atomic mass is 32.2. The third kappa shape index (κ3) is 6.56. The summed E-state index contributed by atoms with van der Waals surface area (Å²) < 4.78 is 28.8. The molecular weight excluding hydrogens is 422 g/mol. The van der Waals surface area contributed by atoms with Crippen molar-refractivity contribution in [2.75, 3.05) is 25.2 Å². The third-order valence-corrected chi connectivity index (χ3v) is 5.85. The zero-order valence-electron chi connectivity index (χ0n) is 18.8. The average Bonchev–Trinajstić information content (AvgIpc) is 2.83. The first-order chi connectivity index (χ1) is 15.4. The Morgan fingerprint density at radius 3 is 1.94 bits per heavy atom. The van der Waals surface area contributed by atoms with E-state index in [0.717, 1.165) is 28.7 Å². The largest absolute Gasteiger partial charge is 0.497 e. The van der Waals surface area contributed by atoms with Gasteiger partial charge in [0.2, 0.25) is 0 Å². The molecule has 0 radical (unpaired) electrons. The number of hydrogen-bond donors (Lipinski definition) is 1. The lowest BCUT2D eigenvalue weighted by molar-refractivity contribution is -0.103. The summed E-state index contributed by atoms with van der Waals surface area (Å²) in [6.07, 6.45) is 2.00. The fraction of sp³-hybridized carbons (Fsp3) is 0.192. The number of carbonyl (C=O) groups excluding carboxylic acids is 1. The lowest BCUT2D eigenvalue weighted by Crippen LogP contribution is -2.08. The van der Waals surface area contributed by atoms with Crippen LogP contribution < -0.4 is 10.1 Å². The lowest BCUT2D eigenvalue weighted by atomic mass is 9.95. The van der Waals surface area contributed by atoms with Gasteiger partial charge in [0.1, 0.15) is 5.75 Å². The highest BCUT2D eigenvalue weighted by Gasteiger charge is 2.14. The van der Waals surface area contributed by atoms with Gasteiger partial charge in [-0.3, -0.25) is 4.79 Å². The zero-order valence-corrected chi connectivity index (χ0v) is 19.6. The van der Waals surface area contributed by atoms with E-state index in [4.69, 9.17) is 4.74 Å². The van der Waals surface area contributed by atoms with Crippen molar-refractivity contribution in [3.8, 4) is 5.75 Å². The number of aldehydes is 1. The first-order valence-corrected chi connectivity index (χ1v) is 12.2. The van der Waals surface area contributed by atoms with Gasteiger partial charge in [-0.15, -0.1) is 0 Å². The van der Waals surface area contributed by atoms with E-state index in [1.54, 1.807) is 43.5 Å². The van der Waals surface area contributed by atoms with Gasteiger partial charge in [0.05, 0.1) is 12.0 Å². The van der Waals surface area contributed by atoms with Crippen LogP contribution in [0.3, 0.4) is 0 Å². The highest BCUT2D eigenvalue weighted by molar-refractivity contribution is 7.90. The molecule has 0 aliphatic heterocycles. The first kappa shape index (κ1) is 24.9. The molecule has 6 heteroatoms. The molecule has 0 saturated heterocycles. The Bertz CT molecular complexity index is 1130. The van der Waals surface area contributed by atoms with E-state index in [-0.39, 0.29) is 4.90 Å². The average molecular weight is 452 g/mol. The summed E-state index contributed by atoms with van der Waals surface area (Å²) in [4.78, 5) is 12.3. The number of para-hydroxylation sites is 1. The summed E-state index contributed by atoms with van der Waals surface area (Å²) in [5, 5.41) is 3.34. The van der Waals surface area contributed by atoms with Crippen LogP contribution in [0.4, 0.5) is 5.69 Å². The molecule has 0 unspecified atom stereocenters. The molecule has 0 spiro atoms. The quantitative estimate of drug-likeness (QED) is 0.284. The van der Waals surface area contributed by atoms with Crippen molar-refractivity contribution in [3.05, 3.63) is 90.0 Å². The molecule has 0 saturated carbocycles. The highest BCUT2D eigenvalue weighted by Crippen LogP contribution is 2.28. The number of carbonyl (C=O) groups is 1. The van der Waals surface area contributed by atoms with Crippen LogP contribution in [-0.2, 0) is 14.6 Å². The molecular formula is C26H29NO4S. The minimum Gasteiger partial charge on any atom is -0.497 e. The van der Waals surface area contributed by atoms with Crippen molar-refractivity contribution >= 4 is 33.0 Å². The maximum atomic E-state index is 12.1. The topological polar surface area (TPSA) is 72.5 Å². The van der Waals surface area contributed by atoms with Gasteiger partial charge in [-0.25, -0.2) is 8.42 Å². The van der Waals surface area contributed by atoms with E-state index in [0.29, 0.717) is 17.9 Å². The Labute approximate surface area is 190 Å². The molecule has 1 N–H and O–H groups in total. The SMILES string of the molecule is CC.COc1ccc(/C(C=O)=C(/CNc2ccccc2)c2ccc(S(C)(=O)=O)cc2)cc1. The number of hydrogen-bond acceptors (Lipinski definition) is 5. The molecule has 0 heterocycles. The third-order valence-electron chi connectivity index (χ3n) is 4.72. The van der Waals surface area contributed by atoms with Crippen molar-refractivity contribution in [1.29, 1.82) is 0 Å². The minimum atomic E-state index is -3.30. The van der Waals surface area contributed by atoms with Crippen molar-refractivity contribution in [2.24, 2.45) is 0 Å². The molecule has 3 rings (SSSR count). The second-order valence-electron chi connectivity index (χ2n) is 6.75. The van der Waals surface area contributed by atoms with Gasteiger partial charge in [0.25, 0.3) is 0 Å². The molecule has 0 atom stereocenters. The Morgan fingerprint density at radius 1 is 0.875 bits per heavy atom. The fourth-order valence-electron chi connectivity index (χ4n) is 3.09. The fourth-order valence-corrected chi connectivity index (χ4v) is 3.72. The molecule has 0 fully saturated rings. The Morgan fingerprint density at radius 2 is 1.44 bits per heavy atom. The number of sulfone groups is 1. The van der Waals surface area contributed by atoms with Crippen molar-refractivity contribution in [3.63, 3.8) is 0 Å². The van der Waals surface area contributed by atoms with Crippen LogP contribution in [0.25, 0.3) is 11.1 Å². The molecule has 168 valence electrons. The van der Waals surface area contributed by atoms with Crippen LogP contribution in [0.2, 0.25) is 0 Å². The standard InChI is InChI=1S/C24H23NO4S.C2H6/c1-29-21-12-8-19(9-13-21)24(17-26)23(16-25-20-6-4-3-5-7-20)18-10-14-22(15-11-18)30(2,27)28;1-2/h3-15,17,25H,16H2,1-2H3;1-2H3/b24-23-;. The number of anilines is 1. The van der Waals surface area contributed by atoms with Gasteiger partial charge in [-0.05, 0) is 53.1 Å². The Balaban J connectivity index is 0.00000176. The molecule has 0 aliphatic rings. The maximum Gasteiger partial charge on any atom is 0.175 e. The van der Waals surface area contributed by atoms with Gasteiger partial charge < -0.3 is 10.1 Å². The zero-order chi connectivity index (χ0) is 23.6. The molecule has 0 bridgehead atoms. The smallest absolute Gasteiger partial charge is 0.175 e. The van der Waals surface area contributed by atoms with Crippen molar-refractivity contribution in [2.45, 2.75) is 18.7 Å². The number of methoxy groups -OCH3 is 1.